The van der Waals surface area contributed by atoms with Crippen molar-refractivity contribution in [1.29, 1.82) is 0 Å². The summed E-state index contributed by atoms with van der Waals surface area (Å²) in [7, 11) is 0. The average Bonchev–Trinajstić information content (AvgIpc) is 3.59. The number of carbonyl (C=O) groups is 2. The molecule has 1 atom stereocenters. The molecule has 1 aromatic heterocycles. The van der Waals surface area contributed by atoms with Gasteiger partial charge in [-0.2, -0.15) is 0 Å². The smallest absolute Gasteiger partial charge is 0.243 e. The number of aromatic nitrogens is 1. The van der Waals surface area contributed by atoms with Crippen molar-refractivity contribution in [2.75, 3.05) is 6.54 Å². The van der Waals surface area contributed by atoms with Gasteiger partial charge in [0, 0.05) is 30.9 Å². The third-order valence-corrected chi connectivity index (χ3v) is 10.3. The molecule has 3 spiro atoms. The fraction of sp³-hybridized carbons (Fsp3) is 0.515. The van der Waals surface area contributed by atoms with Crippen molar-refractivity contribution in [1.82, 2.24) is 20.5 Å². The number of nitrogens with one attached hydrogen (secondary N) is 2. The largest absolute Gasteiger partial charge is 0.330 e. The number of fused-ring (bicyclic) bond motifs is 2. The summed E-state index contributed by atoms with van der Waals surface area (Å²) in [5.74, 6) is 0.906. The van der Waals surface area contributed by atoms with E-state index < -0.39 is 5.41 Å². The van der Waals surface area contributed by atoms with Gasteiger partial charge in [0.15, 0.2) is 0 Å². The first-order valence-corrected chi connectivity index (χ1v) is 15.1. The number of piperazine rings is 1. The van der Waals surface area contributed by atoms with E-state index in [1.54, 1.807) is 12.3 Å². The highest BCUT2D eigenvalue weighted by Crippen LogP contribution is 2.44. The van der Waals surface area contributed by atoms with E-state index in [1.807, 2.05) is 12.3 Å². The van der Waals surface area contributed by atoms with Crippen LogP contribution in [0.15, 0.2) is 53.9 Å². The lowest BCUT2D eigenvalue weighted by Crippen LogP contribution is -2.72. The molecule has 208 valence electrons. The lowest BCUT2D eigenvalue weighted by atomic mass is 9.80. The second-order valence-corrected chi connectivity index (χ2v) is 12.8. The van der Waals surface area contributed by atoms with Crippen LogP contribution in [-0.2, 0) is 29.0 Å². The molecule has 1 saturated heterocycles. The van der Waals surface area contributed by atoms with Gasteiger partial charge in [0.1, 0.15) is 5.82 Å². The fourth-order valence-corrected chi connectivity index (χ4v) is 8.14. The van der Waals surface area contributed by atoms with E-state index in [0.29, 0.717) is 31.1 Å². The van der Waals surface area contributed by atoms with Gasteiger partial charge in [-0.3, -0.25) is 14.6 Å². The van der Waals surface area contributed by atoms with E-state index in [2.05, 4.69) is 45.3 Å². The molecule has 1 aromatic carbocycles. The highest BCUT2D eigenvalue weighted by Gasteiger charge is 2.54. The van der Waals surface area contributed by atoms with Crippen LogP contribution in [0.3, 0.4) is 0 Å². The highest BCUT2D eigenvalue weighted by molar-refractivity contribution is 5.92. The molecule has 2 N–H and O–H groups in total. The Morgan fingerprint density at radius 2 is 1.70 bits per heavy atom. The van der Waals surface area contributed by atoms with Crippen molar-refractivity contribution in [3.8, 4) is 0 Å². The highest BCUT2D eigenvalue weighted by atomic mass is 16.2. The number of hydrogen-bond donors (Lipinski definition) is 2. The summed E-state index contributed by atoms with van der Waals surface area (Å²) in [5.41, 5.74) is 3.32. The number of benzene rings is 1. The van der Waals surface area contributed by atoms with Crippen molar-refractivity contribution in [3.05, 3.63) is 65.6 Å². The number of carbonyl (C=O) groups excluding carboxylic acids is 2. The van der Waals surface area contributed by atoms with Crippen LogP contribution in [-0.4, -0.2) is 45.5 Å². The summed E-state index contributed by atoms with van der Waals surface area (Å²) < 4.78 is 0. The number of allylic oxidation sites excluding steroid dienone is 1. The molecular weight excluding hydrogens is 498 g/mol. The van der Waals surface area contributed by atoms with E-state index in [1.165, 1.54) is 36.8 Å². The van der Waals surface area contributed by atoms with Crippen molar-refractivity contribution in [2.45, 2.75) is 94.7 Å². The number of aliphatic imine (C=N–C) groups is 1. The molecular formula is C33H39N5O2. The average molecular weight is 538 g/mol. The first-order chi connectivity index (χ1) is 19.4. The molecule has 7 nitrogen and oxygen atoms in total. The van der Waals surface area contributed by atoms with E-state index in [9.17, 15) is 9.59 Å². The van der Waals surface area contributed by atoms with E-state index >= 15 is 0 Å². The molecule has 7 rings (SSSR count). The summed E-state index contributed by atoms with van der Waals surface area (Å²) in [6.45, 7) is 5.19. The molecule has 40 heavy (non-hydrogen) atoms. The van der Waals surface area contributed by atoms with Crippen LogP contribution in [0.4, 0.5) is 0 Å². The predicted octanol–water partition coefficient (Wildman–Crippen LogP) is 4.89. The third kappa shape index (κ3) is 4.12. The van der Waals surface area contributed by atoms with Crippen molar-refractivity contribution < 1.29 is 9.59 Å². The van der Waals surface area contributed by atoms with Gasteiger partial charge in [-0.1, -0.05) is 51.2 Å². The maximum atomic E-state index is 14.2. The quantitative estimate of drug-likeness (QED) is 0.544. The van der Waals surface area contributed by atoms with Gasteiger partial charge in [-0.15, -0.1) is 0 Å². The van der Waals surface area contributed by atoms with Crippen LogP contribution in [0, 0.1) is 5.41 Å². The molecule has 2 aliphatic heterocycles. The number of rotatable bonds is 4. The van der Waals surface area contributed by atoms with Gasteiger partial charge in [0.05, 0.1) is 22.0 Å². The zero-order valence-corrected chi connectivity index (χ0v) is 23.3. The van der Waals surface area contributed by atoms with Crippen LogP contribution < -0.4 is 10.6 Å². The molecule has 2 amide bonds. The summed E-state index contributed by atoms with van der Waals surface area (Å²) in [4.78, 5) is 38.7. The maximum Gasteiger partial charge on any atom is 0.243 e. The lowest BCUT2D eigenvalue weighted by molar-refractivity contribution is -0.153. The Labute approximate surface area is 236 Å². The van der Waals surface area contributed by atoms with Crippen molar-refractivity contribution in [2.24, 2.45) is 10.4 Å². The molecule has 0 bridgehead atoms. The van der Waals surface area contributed by atoms with Gasteiger partial charge >= 0.3 is 0 Å². The lowest BCUT2D eigenvalue weighted by Gasteiger charge is -2.53. The van der Waals surface area contributed by atoms with Crippen molar-refractivity contribution in [3.63, 3.8) is 0 Å². The summed E-state index contributed by atoms with van der Waals surface area (Å²) in [6.07, 6.45) is 19.6. The molecule has 0 radical (unpaired) electrons. The molecule has 3 aliphatic carbocycles. The zero-order valence-electron chi connectivity index (χ0n) is 23.3. The molecule has 3 heterocycles. The van der Waals surface area contributed by atoms with Crippen LogP contribution >= 0.6 is 0 Å². The normalized spacial score (nSPS) is 27.1. The Morgan fingerprint density at radius 3 is 2.45 bits per heavy atom. The second kappa shape index (κ2) is 9.65. The summed E-state index contributed by atoms with van der Waals surface area (Å²) in [5, 5.41) is 7.80. The standard InChI is InChI=1S/C33H39N5O2/c1-2-13-34-28-19-31(29(39)37-28)17-25-15-24-14-23(20-35-27(24)16-26(25)18-31)21-38-30(40)33(11-7-8-12-33)36-22-32(38)9-5-3-4-6-10-32/h2,13-16,19-20,36H,1,3-12,17-18,21-22H2,(H,37,39)/t31-/m0/s1. The SMILES string of the molecule is C=CC=NC1=C[C@@]2(Cc3cc4cc(CN5C(=O)C6(CCCC6)NCC56CCCCCC6)cnc4cc3C2)C(=O)N1. The topological polar surface area (TPSA) is 86.7 Å². The maximum absolute atomic E-state index is 14.2. The minimum absolute atomic E-state index is 0.00405. The first kappa shape index (κ1) is 25.6. The summed E-state index contributed by atoms with van der Waals surface area (Å²) >= 11 is 0. The minimum atomic E-state index is -0.592. The van der Waals surface area contributed by atoms with E-state index in [-0.39, 0.29) is 17.0 Å². The molecule has 2 saturated carbocycles. The van der Waals surface area contributed by atoms with E-state index in [0.717, 1.165) is 61.5 Å². The van der Waals surface area contributed by atoms with Gasteiger partial charge in [0.25, 0.3) is 0 Å². The van der Waals surface area contributed by atoms with Crippen LogP contribution in [0.5, 0.6) is 0 Å². The third-order valence-electron chi connectivity index (χ3n) is 10.3. The molecule has 7 heteroatoms. The summed E-state index contributed by atoms with van der Waals surface area (Å²) in [6, 6.07) is 6.58. The number of hydrogen-bond acceptors (Lipinski definition) is 5. The zero-order chi connectivity index (χ0) is 27.4. The van der Waals surface area contributed by atoms with Crippen molar-refractivity contribution >= 4 is 28.9 Å². The van der Waals surface area contributed by atoms with Crippen LogP contribution in [0.1, 0.15) is 80.9 Å². The molecule has 5 aliphatic rings. The molecule has 2 aromatic rings. The van der Waals surface area contributed by atoms with Crippen LogP contribution in [0.25, 0.3) is 10.9 Å². The second-order valence-electron chi connectivity index (χ2n) is 12.8. The Balaban J connectivity index is 1.19. The fourth-order valence-electron chi connectivity index (χ4n) is 8.14. The Kier molecular flexibility index (Phi) is 6.19. The van der Waals surface area contributed by atoms with Gasteiger partial charge in [0.2, 0.25) is 11.8 Å². The number of pyridine rings is 1. The first-order valence-electron chi connectivity index (χ1n) is 15.1. The Hall–Kier alpha value is -3.32. The van der Waals surface area contributed by atoms with E-state index in [4.69, 9.17) is 4.98 Å². The predicted molar refractivity (Wildman–Crippen MR) is 157 cm³/mol. The Morgan fingerprint density at radius 1 is 0.975 bits per heavy atom. The van der Waals surface area contributed by atoms with Gasteiger partial charge < -0.3 is 15.5 Å². The Bertz CT molecular complexity index is 1440. The molecule has 3 fully saturated rings. The molecule has 0 unspecified atom stereocenters. The van der Waals surface area contributed by atoms with Gasteiger partial charge in [-0.25, -0.2) is 4.99 Å². The van der Waals surface area contributed by atoms with Crippen LogP contribution in [0.2, 0.25) is 0 Å². The monoisotopic (exact) mass is 537 g/mol. The minimum Gasteiger partial charge on any atom is -0.330 e. The number of nitrogens with zero attached hydrogens (tertiary/aromatic N) is 3. The van der Waals surface area contributed by atoms with Gasteiger partial charge in [-0.05, 0) is 79.5 Å². The number of amides is 2.